The normalized spacial score (nSPS) is 11.1. The first-order valence-electron chi connectivity index (χ1n) is 19.2. The molecule has 7 aromatic rings. The number of ether oxygens (including phenoxy) is 1. The van der Waals surface area contributed by atoms with Crippen molar-refractivity contribution in [2.75, 3.05) is 17.7 Å². The second-order valence-corrected chi connectivity index (χ2v) is 14.0. The van der Waals surface area contributed by atoms with E-state index in [0.29, 0.717) is 50.4 Å². The lowest BCUT2D eigenvalue weighted by molar-refractivity contribution is -0.138. The molecule has 0 unspecified atom stereocenters. The van der Waals surface area contributed by atoms with Gasteiger partial charge in [-0.05, 0) is 55.0 Å². The maximum Gasteiger partial charge on any atom is 0.323 e. The molecule has 2 amide bonds. The van der Waals surface area contributed by atoms with Gasteiger partial charge in [0.15, 0.2) is 5.78 Å². The Hall–Kier alpha value is -9.01. The number of nitrogens with one attached hydrogen (secondary N) is 2. The van der Waals surface area contributed by atoms with E-state index in [4.69, 9.17) is 9.84 Å². The molecular weight excluding hydrogens is 801 g/mol. The van der Waals surface area contributed by atoms with Gasteiger partial charge in [-0.15, -0.1) is 0 Å². The number of carboxylic acid groups (broad SMARTS) is 2. The molecule has 14 heteroatoms. The predicted molar refractivity (Wildman–Crippen MR) is 238 cm³/mol. The number of benzene rings is 5. The van der Waals surface area contributed by atoms with Crippen LogP contribution in [-0.2, 0) is 32.3 Å². The standard InChI is InChI=1S/C27H19N3O4.C22H19N3O4/c28-15-20(13-21-16-30(17-25(31)32)24-12-5-4-11-23(21)24)27(34)29-22-10-6-9-19(14-22)26(33)18-7-2-1-3-8-18;1-14-7-8-17(29-2)10-19(14)24-22(28)15(11-23)9-16-12-25(13-21(26)27)20-6-4-3-5-18(16)20/h1-14,16H,17H2,(H,29,34)(H,31,32);3-10,12H,13H2,1-2H3,(H,24,28)(H,26,27)/b20-13+;15-9+. The van der Waals surface area contributed by atoms with Crippen LogP contribution in [-0.4, -0.2) is 56.0 Å². The van der Waals surface area contributed by atoms with Gasteiger partial charge in [0.1, 0.15) is 42.1 Å². The van der Waals surface area contributed by atoms with E-state index in [9.17, 15) is 39.6 Å². The summed E-state index contributed by atoms with van der Waals surface area (Å²) in [6.07, 6.45) is 6.11. The monoisotopic (exact) mass is 838 g/mol. The number of carboxylic acids is 2. The van der Waals surface area contributed by atoms with Crippen molar-refractivity contribution in [3.63, 3.8) is 0 Å². The highest BCUT2D eigenvalue weighted by atomic mass is 16.5. The second-order valence-electron chi connectivity index (χ2n) is 14.0. The minimum Gasteiger partial charge on any atom is -0.497 e. The number of hydrogen-bond acceptors (Lipinski definition) is 8. The molecule has 2 aromatic heterocycles. The van der Waals surface area contributed by atoms with Crippen molar-refractivity contribution in [1.29, 1.82) is 10.5 Å². The third-order valence-electron chi connectivity index (χ3n) is 9.69. The molecule has 63 heavy (non-hydrogen) atoms. The predicted octanol–water partition coefficient (Wildman–Crippen LogP) is 8.09. The van der Waals surface area contributed by atoms with Crippen LogP contribution in [0.15, 0.2) is 145 Å². The Kier molecular flexibility index (Phi) is 13.7. The molecule has 0 fully saturated rings. The third-order valence-corrected chi connectivity index (χ3v) is 9.69. The number of rotatable bonds is 13. The lowest BCUT2D eigenvalue weighted by Gasteiger charge is -2.09. The fraction of sp³-hybridized carbons (Fsp3) is 0.0816. The number of fused-ring (bicyclic) bond motifs is 2. The minimum absolute atomic E-state index is 0.0922. The molecule has 312 valence electrons. The maximum absolute atomic E-state index is 12.8. The lowest BCUT2D eigenvalue weighted by atomic mass is 10.0. The Morgan fingerprint density at radius 2 is 1.14 bits per heavy atom. The fourth-order valence-electron chi connectivity index (χ4n) is 6.69. The number of methoxy groups -OCH3 is 1. The molecule has 7 rings (SSSR count). The van der Waals surface area contributed by atoms with E-state index in [1.165, 1.54) is 19.3 Å². The number of anilines is 2. The molecule has 0 saturated heterocycles. The number of aliphatic carboxylic acids is 2. The summed E-state index contributed by atoms with van der Waals surface area (Å²) >= 11 is 0. The lowest BCUT2D eigenvalue weighted by Crippen LogP contribution is -2.14. The van der Waals surface area contributed by atoms with Crippen molar-refractivity contribution in [3.05, 3.63) is 173 Å². The first kappa shape index (κ1) is 43.6. The number of nitriles is 2. The molecular formula is C49H38N6O8. The zero-order valence-corrected chi connectivity index (χ0v) is 33.9. The molecule has 0 radical (unpaired) electrons. The summed E-state index contributed by atoms with van der Waals surface area (Å²) in [6.45, 7) is 1.38. The van der Waals surface area contributed by atoms with Crippen molar-refractivity contribution in [2.24, 2.45) is 0 Å². The van der Waals surface area contributed by atoms with Gasteiger partial charge in [-0.25, -0.2) is 0 Å². The molecule has 0 aliphatic carbocycles. The number of carbonyl (C=O) groups excluding carboxylic acids is 3. The average Bonchev–Trinajstić information content (AvgIpc) is 3.81. The van der Waals surface area contributed by atoms with Gasteiger partial charge < -0.3 is 34.7 Å². The first-order valence-corrected chi connectivity index (χ1v) is 19.2. The smallest absolute Gasteiger partial charge is 0.323 e. The topological polar surface area (TPSA) is 217 Å². The Balaban J connectivity index is 0.000000213. The Morgan fingerprint density at radius 1 is 0.635 bits per heavy atom. The number of amides is 2. The zero-order valence-electron chi connectivity index (χ0n) is 33.9. The quantitative estimate of drug-likeness (QED) is 0.0497. The molecule has 0 saturated carbocycles. The number of nitrogens with zero attached hydrogens (tertiary/aromatic N) is 4. The number of carbonyl (C=O) groups is 5. The molecule has 14 nitrogen and oxygen atoms in total. The molecule has 0 aliphatic heterocycles. The summed E-state index contributed by atoms with van der Waals surface area (Å²) in [5.41, 5.74) is 4.98. The summed E-state index contributed by atoms with van der Waals surface area (Å²) in [6, 6.07) is 38.8. The number of ketones is 1. The Labute approximate surface area is 360 Å². The SMILES string of the molecule is COc1ccc(C)c(NC(=O)/C(C#N)=C/c2cn(CC(=O)O)c3ccccc23)c1.N#C/C(=C\c1cn(CC(=O)O)c2ccccc12)C(=O)Nc1cccc(C(=O)c2ccccc2)c1. The van der Waals surface area contributed by atoms with E-state index in [1.54, 1.807) is 119 Å². The number of hydrogen-bond donors (Lipinski definition) is 4. The summed E-state index contributed by atoms with van der Waals surface area (Å²) in [4.78, 5) is 60.5. The van der Waals surface area contributed by atoms with Crippen LogP contribution in [0, 0.1) is 29.6 Å². The molecule has 0 spiro atoms. The summed E-state index contributed by atoms with van der Waals surface area (Å²) < 4.78 is 8.30. The largest absolute Gasteiger partial charge is 0.497 e. The van der Waals surface area contributed by atoms with Crippen molar-refractivity contribution >= 4 is 74.9 Å². The van der Waals surface area contributed by atoms with Crippen LogP contribution in [0.2, 0.25) is 0 Å². The molecule has 5 aromatic carbocycles. The van der Waals surface area contributed by atoms with E-state index in [1.807, 2.05) is 43.3 Å². The van der Waals surface area contributed by atoms with E-state index >= 15 is 0 Å². The average molecular weight is 839 g/mol. The Bertz CT molecular complexity index is 3050. The molecule has 0 atom stereocenters. The van der Waals surface area contributed by atoms with Crippen molar-refractivity contribution in [1.82, 2.24) is 9.13 Å². The summed E-state index contributed by atoms with van der Waals surface area (Å²) in [7, 11) is 1.53. The van der Waals surface area contributed by atoms with E-state index in [-0.39, 0.29) is 30.0 Å². The summed E-state index contributed by atoms with van der Waals surface area (Å²) in [5.74, 6) is -2.77. The van der Waals surface area contributed by atoms with Gasteiger partial charge in [-0.3, -0.25) is 24.0 Å². The van der Waals surface area contributed by atoms with Crippen molar-refractivity contribution < 1.29 is 38.9 Å². The molecule has 0 bridgehead atoms. The van der Waals surface area contributed by atoms with Crippen LogP contribution in [0.1, 0.15) is 32.6 Å². The van der Waals surface area contributed by atoms with Gasteiger partial charge in [0, 0.05) is 73.9 Å². The molecule has 2 heterocycles. The highest BCUT2D eigenvalue weighted by molar-refractivity contribution is 6.13. The van der Waals surface area contributed by atoms with Crippen LogP contribution in [0.5, 0.6) is 5.75 Å². The van der Waals surface area contributed by atoms with Crippen LogP contribution in [0.4, 0.5) is 11.4 Å². The fourth-order valence-corrected chi connectivity index (χ4v) is 6.69. The minimum atomic E-state index is -1.00. The number of aromatic nitrogens is 2. The Morgan fingerprint density at radius 3 is 1.67 bits per heavy atom. The van der Waals surface area contributed by atoms with Gasteiger partial charge in [0.2, 0.25) is 0 Å². The van der Waals surface area contributed by atoms with Gasteiger partial charge in [-0.2, -0.15) is 10.5 Å². The number of para-hydroxylation sites is 2. The summed E-state index contributed by atoms with van der Waals surface area (Å²) in [5, 5.41) is 44.3. The highest BCUT2D eigenvalue weighted by Gasteiger charge is 2.17. The second kappa shape index (κ2) is 19.8. The van der Waals surface area contributed by atoms with Crippen LogP contribution in [0.3, 0.4) is 0 Å². The maximum atomic E-state index is 12.8. The van der Waals surface area contributed by atoms with Gasteiger partial charge in [-0.1, -0.05) is 84.9 Å². The van der Waals surface area contributed by atoms with E-state index < -0.39 is 23.8 Å². The van der Waals surface area contributed by atoms with Gasteiger partial charge >= 0.3 is 11.9 Å². The third kappa shape index (κ3) is 10.6. The van der Waals surface area contributed by atoms with Gasteiger partial charge in [0.25, 0.3) is 11.8 Å². The van der Waals surface area contributed by atoms with E-state index in [2.05, 4.69) is 10.6 Å². The number of aryl methyl sites for hydroxylation is 1. The van der Waals surface area contributed by atoms with Crippen LogP contribution >= 0.6 is 0 Å². The molecule has 4 N–H and O–H groups in total. The highest BCUT2D eigenvalue weighted by Crippen LogP contribution is 2.27. The van der Waals surface area contributed by atoms with Crippen molar-refractivity contribution in [3.8, 4) is 17.9 Å². The van der Waals surface area contributed by atoms with Crippen LogP contribution in [0.25, 0.3) is 34.0 Å². The zero-order chi connectivity index (χ0) is 45.0. The van der Waals surface area contributed by atoms with Gasteiger partial charge in [0.05, 0.1) is 7.11 Å². The van der Waals surface area contributed by atoms with Crippen molar-refractivity contribution in [2.45, 2.75) is 20.0 Å². The first-order chi connectivity index (χ1) is 30.4. The van der Waals surface area contributed by atoms with Crippen LogP contribution < -0.4 is 15.4 Å². The van der Waals surface area contributed by atoms with E-state index in [0.717, 1.165) is 16.3 Å². The molecule has 0 aliphatic rings.